The SMILES string of the molecule is CC(CCc1ccc(F)cc1)c1ccccc1OC(C)c1ccc(OC(F)F)cc1. The van der Waals surface area contributed by atoms with Crippen molar-refractivity contribution in [3.05, 3.63) is 95.3 Å². The molecule has 2 nitrogen and oxygen atoms in total. The normalized spacial score (nSPS) is 13.1. The van der Waals surface area contributed by atoms with Gasteiger partial charge in [-0.2, -0.15) is 8.78 Å². The second-order valence-electron chi connectivity index (χ2n) is 7.31. The predicted octanol–water partition coefficient (Wildman–Crippen LogP) is 7.30. The Balaban J connectivity index is 1.65. The molecule has 3 aromatic carbocycles. The summed E-state index contributed by atoms with van der Waals surface area (Å²) in [6, 6.07) is 21.0. The molecular weight excluding hydrogens is 389 g/mol. The van der Waals surface area contributed by atoms with Gasteiger partial charge < -0.3 is 9.47 Å². The average Bonchev–Trinajstić information content (AvgIpc) is 2.73. The molecule has 158 valence electrons. The summed E-state index contributed by atoms with van der Waals surface area (Å²) in [6.07, 6.45) is 1.49. The zero-order chi connectivity index (χ0) is 21.5. The fourth-order valence-corrected chi connectivity index (χ4v) is 3.36. The van der Waals surface area contributed by atoms with E-state index < -0.39 is 6.61 Å². The van der Waals surface area contributed by atoms with E-state index in [1.54, 1.807) is 12.1 Å². The van der Waals surface area contributed by atoms with Crippen molar-refractivity contribution in [2.75, 3.05) is 0 Å². The maximum absolute atomic E-state index is 13.1. The Labute approximate surface area is 175 Å². The molecule has 0 fully saturated rings. The van der Waals surface area contributed by atoms with Gasteiger partial charge >= 0.3 is 6.61 Å². The lowest BCUT2D eigenvalue weighted by Crippen LogP contribution is -2.07. The second kappa shape index (κ2) is 10.2. The molecule has 0 radical (unpaired) electrons. The van der Waals surface area contributed by atoms with E-state index in [0.717, 1.165) is 35.3 Å². The van der Waals surface area contributed by atoms with Gasteiger partial charge in [-0.25, -0.2) is 4.39 Å². The second-order valence-corrected chi connectivity index (χ2v) is 7.31. The molecule has 0 N–H and O–H groups in total. The summed E-state index contributed by atoms with van der Waals surface area (Å²) in [5.74, 6) is 0.939. The van der Waals surface area contributed by atoms with Gasteiger partial charge in [0.05, 0.1) is 0 Å². The quantitative estimate of drug-likeness (QED) is 0.366. The minimum absolute atomic E-state index is 0.121. The van der Waals surface area contributed by atoms with Crippen molar-refractivity contribution < 1.29 is 22.6 Å². The number of halogens is 3. The third-order valence-electron chi connectivity index (χ3n) is 5.11. The summed E-state index contributed by atoms with van der Waals surface area (Å²) in [4.78, 5) is 0. The van der Waals surface area contributed by atoms with Crippen LogP contribution in [0.15, 0.2) is 72.8 Å². The highest BCUT2D eigenvalue weighted by molar-refractivity contribution is 5.37. The summed E-state index contributed by atoms with van der Waals surface area (Å²) in [6.45, 7) is 1.23. The Morgan fingerprint density at radius 2 is 1.47 bits per heavy atom. The molecule has 0 spiro atoms. The van der Waals surface area contributed by atoms with E-state index in [2.05, 4.69) is 17.7 Å². The van der Waals surface area contributed by atoms with E-state index in [1.165, 1.54) is 24.3 Å². The summed E-state index contributed by atoms with van der Waals surface area (Å²) >= 11 is 0. The highest BCUT2D eigenvalue weighted by Gasteiger charge is 2.15. The lowest BCUT2D eigenvalue weighted by molar-refractivity contribution is -0.0498. The summed E-state index contributed by atoms with van der Waals surface area (Å²) in [7, 11) is 0. The first kappa shape index (κ1) is 21.8. The van der Waals surface area contributed by atoms with E-state index in [-0.39, 0.29) is 23.6 Å². The van der Waals surface area contributed by atoms with E-state index in [1.807, 2.05) is 37.3 Å². The highest BCUT2D eigenvalue weighted by atomic mass is 19.3. The van der Waals surface area contributed by atoms with Gasteiger partial charge in [0.1, 0.15) is 23.4 Å². The van der Waals surface area contributed by atoms with E-state index in [9.17, 15) is 13.2 Å². The van der Waals surface area contributed by atoms with E-state index in [0.29, 0.717) is 0 Å². The van der Waals surface area contributed by atoms with Crippen LogP contribution < -0.4 is 9.47 Å². The van der Waals surface area contributed by atoms with Crippen molar-refractivity contribution in [2.24, 2.45) is 0 Å². The van der Waals surface area contributed by atoms with Crippen molar-refractivity contribution in [3.8, 4) is 11.5 Å². The Kier molecular flexibility index (Phi) is 7.39. The van der Waals surface area contributed by atoms with Crippen LogP contribution in [0, 0.1) is 5.82 Å². The molecule has 2 unspecified atom stereocenters. The Morgan fingerprint density at radius 3 is 2.13 bits per heavy atom. The van der Waals surface area contributed by atoms with Crippen molar-refractivity contribution in [1.82, 2.24) is 0 Å². The molecule has 3 rings (SSSR count). The Bertz CT molecular complexity index is 924. The van der Waals surface area contributed by atoms with Gasteiger partial charge in [0.15, 0.2) is 0 Å². The number of aryl methyl sites for hydroxylation is 1. The number of alkyl halides is 2. The zero-order valence-electron chi connectivity index (χ0n) is 17.0. The molecular formula is C25H25F3O2. The average molecular weight is 414 g/mol. The molecule has 0 aliphatic heterocycles. The summed E-state index contributed by atoms with van der Waals surface area (Å²) in [5.41, 5.74) is 3.07. The number of ether oxygens (including phenoxy) is 2. The van der Waals surface area contributed by atoms with Gasteiger partial charge in [-0.1, -0.05) is 49.4 Å². The third-order valence-corrected chi connectivity index (χ3v) is 5.11. The number of benzene rings is 3. The van der Waals surface area contributed by atoms with Gasteiger partial charge in [0.25, 0.3) is 0 Å². The van der Waals surface area contributed by atoms with Gasteiger partial charge in [0.2, 0.25) is 0 Å². The summed E-state index contributed by atoms with van der Waals surface area (Å²) < 4.78 is 48.3. The van der Waals surface area contributed by atoms with E-state index >= 15 is 0 Å². The molecule has 2 atom stereocenters. The first-order chi connectivity index (χ1) is 14.4. The molecule has 0 bridgehead atoms. The molecule has 30 heavy (non-hydrogen) atoms. The van der Waals surface area contributed by atoms with Crippen LogP contribution in [0.25, 0.3) is 0 Å². The fraction of sp³-hybridized carbons (Fsp3) is 0.280. The largest absolute Gasteiger partial charge is 0.486 e. The Hall–Kier alpha value is -2.95. The third kappa shape index (κ3) is 6.02. The van der Waals surface area contributed by atoms with Gasteiger partial charge in [-0.05, 0) is 72.7 Å². The molecule has 0 heterocycles. The number of hydrogen-bond acceptors (Lipinski definition) is 2. The van der Waals surface area contributed by atoms with Gasteiger partial charge in [-0.15, -0.1) is 0 Å². The van der Waals surface area contributed by atoms with Crippen LogP contribution >= 0.6 is 0 Å². The molecule has 0 saturated carbocycles. The molecule has 0 aliphatic rings. The van der Waals surface area contributed by atoms with Crippen LogP contribution in [0.3, 0.4) is 0 Å². The topological polar surface area (TPSA) is 18.5 Å². The standard InChI is InChI=1S/C25H25F3O2/c1-17(7-8-19-9-13-21(26)14-10-19)23-5-3-4-6-24(23)29-18(2)20-11-15-22(16-12-20)30-25(27)28/h3-6,9-18,25H,7-8H2,1-2H3. The van der Waals surface area contributed by atoms with Gasteiger partial charge in [0, 0.05) is 0 Å². The van der Waals surface area contributed by atoms with Crippen molar-refractivity contribution in [2.45, 2.75) is 45.3 Å². The zero-order valence-corrected chi connectivity index (χ0v) is 17.0. The monoisotopic (exact) mass is 414 g/mol. The molecule has 0 saturated heterocycles. The van der Waals surface area contributed by atoms with Crippen LogP contribution in [0.1, 0.15) is 49.0 Å². The lowest BCUT2D eigenvalue weighted by Gasteiger charge is -2.21. The van der Waals surface area contributed by atoms with E-state index in [4.69, 9.17) is 4.74 Å². The smallest absolute Gasteiger partial charge is 0.387 e. The maximum atomic E-state index is 13.1. The molecule has 0 aliphatic carbocycles. The number of rotatable bonds is 9. The van der Waals surface area contributed by atoms with Crippen molar-refractivity contribution >= 4 is 0 Å². The van der Waals surface area contributed by atoms with Crippen LogP contribution in [0.4, 0.5) is 13.2 Å². The maximum Gasteiger partial charge on any atom is 0.387 e. The minimum Gasteiger partial charge on any atom is -0.486 e. The molecule has 3 aromatic rings. The molecule has 0 aromatic heterocycles. The number of para-hydroxylation sites is 1. The summed E-state index contributed by atoms with van der Waals surface area (Å²) in [5, 5.41) is 0. The molecule has 0 amide bonds. The highest BCUT2D eigenvalue weighted by Crippen LogP contribution is 2.33. The van der Waals surface area contributed by atoms with Crippen LogP contribution in [0.2, 0.25) is 0 Å². The van der Waals surface area contributed by atoms with Gasteiger partial charge in [-0.3, -0.25) is 0 Å². The fourth-order valence-electron chi connectivity index (χ4n) is 3.36. The van der Waals surface area contributed by atoms with Crippen LogP contribution in [-0.2, 0) is 6.42 Å². The first-order valence-electron chi connectivity index (χ1n) is 9.97. The van der Waals surface area contributed by atoms with Crippen LogP contribution in [-0.4, -0.2) is 6.61 Å². The Morgan fingerprint density at radius 1 is 0.800 bits per heavy atom. The predicted molar refractivity (Wildman–Crippen MR) is 112 cm³/mol. The first-order valence-corrected chi connectivity index (χ1v) is 9.97. The minimum atomic E-state index is -2.84. The van der Waals surface area contributed by atoms with Crippen molar-refractivity contribution in [3.63, 3.8) is 0 Å². The molecule has 5 heteroatoms. The van der Waals surface area contributed by atoms with Crippen molar-refractivity contribution in [1.29, 1.82) is 0 Å². The lowest BCUT2D eigenvalue weighted by atomic mass is 9.93. The van der Waals surface area contributed by atoms with Crippen LogP contribution in [0.5, 0.6) is 11.5 Å². The number of hydrogen-bond donors (Lipinski definition) is 0.